The van der Waals surface area contributed by atoms with Gasteiger partial charge in [-0.15, -0.1) is 0 Å². The van der Waals surface area contributed by atoms with Crippen LogP contribution in [0.2, 0.25) is 0 Å². The Morgan fingerprint density at radius 1 is 1.00 bits per heavy atom. The van der Waals surface area contributed by atoms with Crippen LogP contribution >= 0.6 is 0 Å². The van der Waals surface area contributed by atoms with Crippen molar-refractivity contribution in [3.63, 3.8) is 0 Å². The van der Waals surface area contributed by atoms with Crippen molar-refractivity contribution in [3.8, 4) is 0 Å². The summed E-state index contributed by atoms with van der Waals surface area (Å²) in [4.78, 5) is 0.306. The third kappa shape index (κ3) is 5.13. The maximum Gasteiger partial charge on any atom is 0.244 e. The van der Waals surface area contributed by atoms with Gasteiger partial charge in [0.25, 0.3) is 0 Å². The van der Waals surface area contributed by atoms with Crippen LogP contribution in [0.25, 0.3) is 0 Å². The summed E-state index contributed by atoms with van der Waals surface area (Å²) >= 11 is 0. The van der Waals surface area contributed by atoms with E-state index >= 15 is 0 Å². The van der Waals surface area contributed by atoms with Gasteiger partial charge in [-0.2, -0.15) is 0 Å². The van der Waals surface area contributed by atoms with Gasteiger partial charge in [-0.1, -0.05) is 26.7 Å². The molecule has 0 unspecified atom stereocenters. The van der Waals surface area contributed by atoms with E-state index in [1.165, 1.54) is 0 Å². The molecule has 0 saturated heterocycles. The Labute approximate surface area is 128 Å². The summed E-state index contributed by atoms with van der Waals surface area (Å²) < 4.78 is 33.2. The molecule has 1 aromatic heterocycles. The second-order valence-electron chi connectivity index (χ2n) is 5.30. The second kappa shape index (κ2) is 8.56. The predicted octanol–water partition coefficient (Wildman–Crippen LogP) is 2.86. The molecule has 0 bridgehead atoms. The summed E-state index contributed by atoms with van der Waals surface area (Å²) in [5, 5.41) is 3.24. The first-order valence-electron chi connectivity index (χ1n) is 7.73. The number of hydrogen-bond donors (Lipinski definition) is 2. The molecular formula is C15H28N2O3S. The van der Waals surface area contributed by atoms with Gasteiger partial charge in [0.05, 0.1) is 0 Å². The number of rotatable bonds is 10. The first-order chi connectivity index (χ1) is 9.94. The molecule has 1 heterocycles. The van der Waals surface area contributed by atoms with Crippen molar-refractivity contribution in [2.45, 2.75) is 64.8 Å². The fraction of sp³-hybridized carbons (Fsp3) is 0.733. The van der Waals surface area contributed by atoms with Gasteiger partial charge >= 0.3 is 0 Å². The van der Waals surface area contributed by atoms with Gasteiger partial charge in [0.15, 0.2) is 0 Å². The van der Waals surface area contributed by atoms with Crippen LogP contribution in [0.1, 0.15) is 56.6 Å². The maximum atomic E-state index is 12.5. The Bertz CT molecular complexity index is 535. The highest BCUT2D eigenvalue weighted by Gasteiger charge is 2.26. The monoisotopic (exact) mass is 316 g/mol. The van der Waals surface area contributed by atoms with Crippen LogP contribution < -0.4 is 10.0 Å². The highest BCUT2D eigenvalue weighted by molar-refractivity contribution is 7.89. The molecule has 21 heavy (non-hydrogen) atoms. The summed E-state index contributed by atoms with van der Waals surface area (Å²) in [6.45, 7) is 9.53. The van der Waals surface area contributed by atoms with Crippen molar-refractivity contribution >= 4 is 10.0 Å². The number of unbranched alkanes of at least 4 members (excludes halogenated alkanes) is 2. The summed E-state index contributed by atoms with van der Waals surface area (Å²) in [6, 6.07) is 0. The van der Waals surface area contributed by atoms with Crippen molar-refractivity contribution < 1.29 is 12.8 Å². The first-order valence-corrected chi connectivity index (χ1v) is 9.21. The lowest BCUT2D eigenvalue weighted by atomic mass is 10.2. The molecule has 5 nitrogen and oxygen atoms in total. The quantitative estimate of drug-likeness (QED) is 0.651. The molecule has 2 N–H and O–H groups in total. The largest absolute Gasteiger partial charge is 0.465 e. The van der Waals surface area contributed by atoms with E-state index in [1.807, 2.05) is 6.92 Å². The third-order valence-corrected chi connectivity index (χ3v) is 5.05. The Hall–Kier alpha value is -0.850. The zero-order valence-corrected chi connectivity index (χ0v) is 14.4. The van der Waals surface area contributed by atoms with Crippen molar-refractivity contribution in [2.24, 2.45) is 0 Å². The number of hydrogen-bond acceptors (Lipinski definition) is 4. The lowest BCUT2D eigenvalue weighted by molar-refractivity contribution is 0.492. The molecule has 0 saturated carbocycles. The minimum atomic E-state index is -3.50. The van der Waals surface area contributed by atoms with Gasteiger partial charge in [-0.05, 0) is 33.2 Å². The van der Waals surface area contributed by atoms with Crippen LogP contribution in [0.15, 0.2) is 9.31 Å². The molecule has 0 radical (unpaired) electrons. The van der Waals surface area contributed by atoms with Crippen molar-refractivity contribution in [3.05, 3.63) is 17.1 Å². The van der Waals surface area contributed by atoms with Crippen LogP contribution in [-0.2, 0) is 16.6 Å². The number of sulfonamides is 1. The van der Waals surface area contributed by atoms with Gasteiger partial charge < -0.3 is 9.73 Å². The summed E-state index contributed by atoms with van der Waals surface area (Å²) in [5.41, 5.74) is 0.740. The van der Waals surface area contributed by atoms with E-state index in [9.17, 15) is 8.42 Å². The smallest absolute Gasteiger partial charge is 0.244 e. The molecule has 1 aromatic rings. The Kier molecular flexibility index (Phi) is 7.42. The molecule has 0 aromatic carbocycles. The molecule has 0 aliphatic heterocycles. The number of aryl methyl sites for hydroxylation is 2. The minimum Gasteiger partial charge on any atom is -0.465 e. The molecule has 0 amide bonds. The van der Waals surface area contributed by atoms with Crippen molar-refractivity contribution in [1.29, 1.82) is 0 Å². The topological polar surface area (TPSA) is 71.3 Å². The summed E-state index contributed by atoms with van der Waals surface area (Å²) in [7, 11) is -3.50. The van der Waals surface area contributed by atoms with Gasteiger partial charge in [0.2, 0.25) is 10.0 Å². The normalized spacial score (nSPS) is 12.0. The molecule has 0 aliphatic carbocycles. The number of nitrogens with one attached hydrogen (secondary N) is 2. The zero-order chi connectivity index (χ0) is 15.9. The fourth-order valence-electron chi connectivity index (χ4n) is 2.31. The molecule has 6 heteroatoms. The lowest BCUT2D eigenvalue weighted by Crippen LogP contribution is -2.27. The van der Waals surface area contributed by atoms with E-state index in [4.69, 9.17) is 4.42 Å². The van der Waals surface area contributed by atoms with E-state index < -0.39 is 10.0 Å². The van der Waals surface area contributed by atoms with Gasteiger partial charge in [-0.25, -0.2) is 13.1 Å². The molecule has 0 atom stereocenters. The molecule has 1 rings (SSSR count). The molecule has 0 fully saturated rings. The first kappa shape index (κ1) is 18.2. The van der Waals surface area contributed by atoms with E-state index in [2.05, 4.69) is 23.9 Å². The highest BCUT2D eigenvalue weighted by Crippen LogP contribution is 2.26. The van der Waals surface area contributed by atoms with Crippen LogP contribution in [-0.4, -0.2) is 21.5 Å². The van der Waals surface area contributed by atoms with Crippen LogP contribution in [0, 0.1) is 13.8 Å². The molecular weight excluding hydrogens is 288 g/mol. The molecule has 122 valence electrons. The van der Waals surface area contributed by atoms with Crippen LogP contribution in [0.5, 0.6) is 0 Å². The summed E-state index contributed by atoms with van der Waals surface area (Å²) in [6.07, 6.45) is 3.96. The van der Waals surface area contributed by atoms with Crippen LogP contribution in [0.4, 0.5) is 0 Å². The van der Waals surface area contributed by atoms with Gasteiger partial charge in [0.1, 0.15) is 16.4 Å². The van der Waals surface area contributed by atoms with E-state index in [-0.39, 0.29) is 0 Å². The van der Waals surface area contributed by atoms with Crippen molar-refractivity contribution in [1.82, 2.24) is 10.0 Å². The van der Waals surface area contributed by atoms with Crippen molar-refractivity contribution in [2.75, 3.05) is 13.1 Å². The highest BCUT2D eigenvalue weighted by atomic mass is 32.2. The van der Waals surface area contributed by atoms with Gasteiger partial charge in [0, 0.05) is 18.7 Å². The van der Waals surface area contributed by atoms with E-state index in [1.54, 1.807) is 6.92 Å². The molecule has 0 aliphatic rings. The Balaban J connectivity index is 2.88. The predicted molar refractivity (Wildman–Crippen MR) is 84.9 cm³/mol. The Morgan fingerprint density at radius 2 is 1.71 bits per heavy atom. The average molecular weight is 316 g/mol. The summed E-state index contributed by atoms with van der Waals surface area (Å²) in [5.74, 6) is 1.13. The maximum absolute atomic E-state index is 12.5. The third-order valence-electron chi connectivity index (χ3n) is 3.39. The standard InChI is InChI=1S/C15H28N2O3S/c1-5-7-8-10-17-21(18,19)15-13(4)20-12(3)14(15)11-16-9-6-2/h16-17H,5-11H2,1-4H3. The fourth-order valence-corrected chi connectivity index (χ4v) is 3.83. The van der Waals surface area contributed by atoms with Gasteiger partial charge in [-0.3, -0.25) is 0 Å². The average Bonchev–Trinajstić information content (AvgIpc) is 2.70. The lowest BCUT2D eigenvalue weighted by Gasteiger charge is -2.09. The minimum absolute atomic E-state index is 0.306. The number of furan rings is 1. The molecule has 0 spiro atoms. The van der Waals surface area contributed by atoms with E-state index in [0.29, 0.717) is 29.5 Å². The SMILES string of the molecule is CCCCCNS(=O)(=O)c1c(C)oc(C)c1CNCCC. The zero-order valence-electron chi connectivity index (χ0n) is 13.6. The Morgan fingerprint density at radius 3 is 2.33 bits per heavy atom. The second-order valence-corrected chi connectivity index (χ2v) is 7.01. The van der Waals surface area contributed by atoms with E-state index in [0.717, 1.165) is 37.8 Å². The van der Waals surface area contributed by atoms with Crippen LogP contribution in [0.3, 0.4) is 0 Å².